The van der Waals surface area contributed by atoms with Gasteiger partial charge >= 0.3 is 5.97 Å². The minimum absolute atomic E-state index is 0.198. The van der Waals surface area contributed by atoms with Gasteiger partial charge in [0.25, 0.3) is 0 Å². The Balaban J connectivity index is 2.06. The number of carbonyl (C=O) groups excluding carboxylic acids is 1. The molecule has 0 N–H and O–H groups in total. The monoisotopic (exact) mass is 370 g/mol. The fourth-order valence-corrected chi connectivity index (χ4v) is 2.81. The van der Waals surface area contributed by atoms with Crippen LogP contribution < -0.4 is 0 Å². The lowest BCUT2D eigenvalue weighted by atomic mass is 10.1. The van der Waals surface area contributed by atoms with E-state index in [1.54, 1.807) is 6.92 Å². The summed E-state index contributed by atoms with van der Waals surface area (Å²) in [5.74, 6) is -0.251. The normalized spacial score (nSPS) is 23.0. The van der Waals surface area contributed by atoms with Gasteiger partial charge in [0, 0.05) is 4.47 Å². The Morgan fingerprint density at radius 2 is 2.09 bits per heavy atom. The van der Waals surface area contributed by atoms with Crippen molar-refractivity contribution in [2.24, 2.45) is 0 Å². The number of rotatable bonds is 6. The van der Waals surface area contributed by atoms with Crippen LogP contribution in [0.5, 0.6) is 0 Å². The Kier molecular flexibility index (Phi) is 6.86. The molecule has 2 rings (SSSR count). The molecule has 1 aromatic rings. The largest absolute Gasteiger partial charge is 0.466 e. The van der Waals surface area contributed by atoms with Crippen LogP contribution in [0.15, 0.2) is 28.7 Å². The highest BCUT2D eigenvalue weighted by Crippen LogP contribution is 2.29. The molecule has 0 aliphatic carbocycles. The summed E-state index contributed by atoms with van der Waals surface area (Å²) in [6.07, 6.45) is 2.80. The maximum absolute atomic E-state index is 11.8. The minimum atomic E-state index is -0.345. The highest BCUT2D eigenvalue weighted by atomic mass is 79.9. The molecule has 1 aliphatic heterocycles. The summed E-state index contributed by atoms with van der Waals surface area (Å²) in [5, 5.41) is 0. The third-order valence-corrected chi connectivity index (χ3v) is 4.18. The summed E-state index contributed by atoms with van der Waals surface area (Å²) in [5.41, 5.74) is 0.957. The van der Waals surface area contributed by atoms with E-state index in [0.29, 0.717) is 6.61 Å². The summed E-state index contributed by atoms with van der Waals surface area (Å²) < 4.78 is 17.9. The third kappa shape index (κ3) is 5.38. The molecule has 22 heavy (non-hydrogen) atoms. The molecule has 0 unspecified atom stereocenters. The second-order valence-corrected chi connectivity index (χ2v) is 6.41. The minimum Gasteiger partial charge on any atom is -0.466 e. The molecular weight excluding hydrogens is 348 g/mol. The van der Waals surface area contributed by atoms with Crippen LogP contribution in [0.2, 0.25) is 0 Å². The molecule has 1 saturated heterocycles. The molecule has 1 fully saturated rings. The van der Waals surface area contributed by atoms with E-state index in [4.69, 9.17) is 14.2 Å². The van der Waals surface area contributed by atoms with Crippen molar-refractivity contribution in [1.29, 1.82) is 0 Å². The van der Waals surface area contributed by atoms with E-state index in [0.717, 1.165) is 29.3 Å². The lowest BCUT2D eigenvalue weighted by molar-refractivity contribution is -0.215. The summed E-state index contributed by atoms with van der Waals surface area (Å²) >= 11 is 3.42. The molecule has 1 aliphatic rings. The second-order valence-electron chi connectivity index (χ2n) is 5.49. The van der Waals surface area contributed by atoms with Crippen molar-refractivity contribution in [1.82, 2.24) is 0 Å². The lowest BCUT2D eigenvalue weighted by Crippen LogP contribution is -2.30. The Hall–Kier alpha value is -0.910. The molecule has 1 heterocycles. The number of esters is 1. The summed E-state index contributed by atoms with van der Waals surface area (Å²) in [4.78, 5) is 11.8. The van der Waals surface area contributed by atoms with Crippen LogP contribution in [0, 0.1) is 0 Å². The molecule has 1 aromatic carbocycles. The number of benzene rings is 1. The van der Waals surface area contributed by atoms with Crippen molar-refractivity contribution in [3.8, 4) is 0 Å². The molecular formula is C17H23BrO4. The average Bonchev–Trinajstić information content (AvgIpc) is 2.48. The van der Waals surface area contributed by atoms with Crippen LogP contribution in [-0.4, -0.2) is 25.0 Å². The Labute approximate surface area is 140 Å². The van der Waals surface area contributed by atoms with Crippen molar-refractivity contribution in [2.75, 3.05) is 6.61 Å². The molecule has 122 valence electrons. The summed E-state index contributed by atoms with van der Waals surface area (Å²) in [7, 11) is 0. The number of halogens is 1. The van der Waals surface area contributed by atoms with E-state index in [9.17, 15) is 4.79 Å². The highest BCUT2D eigenvalue weighted by Gasteiger charge is 2.26. The Bertz CT molecular complexity index is 474. The maximum atomic E-state index is 11.8. The Morgan fingerprint density at radius 3 is 2.73 bits per heavy atom. The average molecular weight is 371 g/mol. The van der Waals surface area contributed by atoms with Crippen LogP contribution in [0.3, 0.4) is 0 Å². The molecule has 3 atom stereocenters. The molecule has 5 heteroatoms. The maximum Gasteiger partial charge on any atom is 0.308 e. The van der Waals surface area contributed by atoms with Gasteiger partial charge in [-0.2, -0.15) is 0 Å². The van der Waals surface area contributed by atoms with Crippen LogP contribution in [-0.2, 0) is 19.0 Å². The van der Waals surface area contributed by atoms with Gasteiger partial charge in [-0.15, -0.1) is 0 Å². The predicted octanol–water partition coefficient (Wildman–Crippen LogP) is 4.38. The lowest BCUT2D eigenvalue weighted by Gasteiger charge is -2.31. The van der Waals surface area contributed by atoms with E-state index in [1.165, 1.54) is 0 Å². The van der Waals surface area contributed by atoms with Crippen LogP contribution in [0.4, 0.5) is 0 Å². The fourth-order valence-electron chi connectivity index (χ4n) is 2.54. The van der Waals surface area contributed by atoms with Crippen molar-refractivity contribution >= 4 is 21.9 Å². The smallest absolute Gasteiger partial charge is 0.308 e. The van der Waals surface area contributed by atoms with E-state index in [-0.39, 0.29) is 30.9 Å². The molecule has 0 amide bonds. The van der Waals surface area contributed by atoms with E-state index in [1.807, 2.05) is 24.3 Å². The number of hydrogen-bond donors (Lipinski definition) is 0. The SMILES string of the molecule is CCOC(=O)C[C@H](O[C@@H]1CCC[C@H](C)O1)c1ccc(Br)cc1. The van der Waals surface area contributed by atoms with Crippen LogP contribution >= 0.6 is 15.9 Å². The standard InChI is InChI=1S/C17H23BrO4/c1-3-20-16(19)11-15(13-7-9-14(18)10-8-13)22-17-6-4-5-12(2)21-17/h7-10,12,15,17H,3-6,11H2,1-2H3/t12-,15-,17+/m0/s1. The van der Waals surface area contributed by atoms with Gasteiger partial charge in [0.15, 0.2) is 6.29 Å². The van der Waals surface area contributed by atoms with Gasteiger partial charge < -0.3 is 14.2 Å². The number of carbonyl (C=O) groups is 1. The first-order chi connectivity index (χ1) is 10.6. The molecule has 0 saturated carbocycles. The Morgan fingerprint density at radius 1 is 1.36 bits per heavy atom. The van der Waals surface area contributed by atoms with Crippen molar-refractivity contribution in [2.45, 2.75) is 58.0 Å². The zero-order valence-electron chi connectivity index (χ0n) is 13.1. The number of ether oxygens (including phenoxy) is 3. The van der Waals surface area contributed by atoms with Crippen LogP contribution in [0.1, 0.15) is 51.2 Å². The fraction of sp³-hybridized carbons (Fsp3) is 0.588. The number of hydrogen-bond acceptors (Lipinski definition) is 4. The first kappa shape index (κ1) is 17.4. The first-order valence-electron chi connectivity index (χ1n) is 7.80. The first-order valence-corrected chi connectivity index (χ1v) is 8.59. The second kappa shape index (κ2) is 8.65. The molecule has 0 aromatic heterocycles. The van der Waals surface area contributed by atoms with Gasteiger partial charge in [-0.3, -0.25) is 4.79 Å². The van der Waals surface area contributed by atoms with Gasteiger partial charge in [0.2, 0.25) is 0 Å². The van der Waals surface area contributed by atoms with E-state index >= 15 is 0 Å². The van der Waals surface area contributed by atoms with Crippen molar-refractivity contribution < 1.29 is 19.0 Å². The third-order valence-electron chi connectivity index (χ3n) is 3.65. The van der Waals surface area contributed by atoms with Crippen molar-refractivity contribution in [3.63, 3.8) is 0 Å². The van der Waals surface area contributed by atoms with Gasteiger partial charge in [-0.05, 0) is 50.8 Å². The van der Waals surface area contributed by atoms with Gasteiger partial charge in [0.1, 0.15) is 0 Å². The van der Waals surface area contributed by atoms with E-state index in [2.05, 4.69) is 22.9 Å². The zero-order chi connectivity index (χ0) is 15.9. The van der Waals surface area contributed by atoms with Crippen LogP contribution in [0.25, 0.3) is 0 Å². The highest BCUT2D eigenvalue weighted by molar-refractivity contribution is 9.10. The zero-order valence-corrected chi connectivity index (χ0v) is 14.7. The summed E-state index contributed by atoms with van der Waals surface area (Å²) in [6, 6.07) is 7.81. The molecule has 0 bridgehead atoms. The van der Waals surface area contributed by atoms with Gasteiger partial charge in [0.05, 0.1) is 25.2 Å². The van der Waals surface area contributed by atoms with Gasteiger partial charge in [-0.1, -0.05) is 28.1 Å². The topological polar surface area (TPSA) is 44.8 Å². The van der Waals surface area contributed by atoms with Gasteiger partial charge in [-0.25, -0.2) is 0 Å². The quantitative estimate of drug-likeness (QED) is 0.697. The molecule has 4 nitrogen and oxygen atoms in total. The van der Waals surface area contributed by atoms with Crippen molar-refractivity contribution in [3.05, 3.63) is 34.3 Å². The molecule has 0 spiro atoms. The predicted molar refractivity (Wildman–Crippen MR) is 87.4 cm³/mol. The van der Waals surface area contributed by atoms with E-state index < -0.39 is 0 Å². The molecule has 0 radical (unpaired) electrons. The summed E-state index contributed by atoms with van der Waals surface area (Å²) in [6.45, 7) is 4.23.